The molecule has 138 valence electrons. The number of anilines is 1. The number of nitrogen functional groups attached to an aromatic ring is 1. The molecule has 4 nitrogen and oxygen atoms in total. The standard InChI is InChI=1S/C21H33N3O/c1-15-12-24(13-16(2)25-15)14-18-9-19(23-20(22)10-18)11-21-6-3-17(4-7-21)5-8-21/h9-10,15-17H,3-8,11-14H2,1-2H3,(H2,22,23)/t15-,16+,17?,21?. The van der Waals surface area contributed by atoms with Crippen molar-refractivity contribution in [3.8, 4) is 0 Å². The molecule has 2 atom stereocenters. The Labute approximate surface area is 152 Å². The normalized spacial score (nSPS) is 35.8. The number of rotatable bonds is 4. The zero-order valence-electron chi connectivity index (χ0n) is 15.8. The maximum absolute atomic E-state index is 6.16. The Bertz CT molecular complexity index is 585. The predicted molar refractivity (Wildman–Crippen MR) is 101 cm³/mol. The molecule has 4 aliphatic rings. The highest BCUT2D eigenvalue weighted by Gasteiger charge is 2.40. The lowest BCUT2D eigenvalue weighted by atomic mass is 9.59. The van der Waals surface area contributed by atoms with E-state index in [4.69, 9.17) is 15.5 Å². The van der Waals surface area contributed by atoms with Crippen LogP contribution in [0.4, 0.5) is 5.82 Å². The molecule has 4 heteroatoms. The molecule has 2 N–H and O–H groups in total. The average Bonchev–Trinajstić information content (AvgIpc) is 2.54. The highest BCUT2D eigenvalue weighted by atomic mass is 16.5. The minimum Gasteiger partial charge on any atom is -0.384 e. The van der Waals surface area contributed by atoms with E-state index >= 15 is 0 Å². The lowest BCUT2D eigenvalue weighted by Gasteiger charge is -2.46. The first kappa shape index (κ1) is 17.3. The Hall–Kier alpha value is -1.13. The van der Waals surface area contributed by atoms with Crippen LogP contribution in [0, 0.1) is 11.3 Å². The van der Waals surface area contributed by atoms with E-state index < -0.39 is 0 Å². The molecule has 5 rings (SSSR count). The lowest BCUT2D eigenvalue weighted by molar-refractivity contribution is -0.0704. The number of aromatic nitrogens is 1. The molecule has 1 saturated heterocycles. The summed E-state index contributed by atoms with van der Waals surface area (Å²) in [4.78, 5) is 7.18. The second-order valence-corrected chi connectivity index (χ2v) is 9.00. The Balaban J connectivity index is 1.47. The van der Waals surface area contributed by atoms with Crippen molar-refractivity contribution < 1.29 is 4.74 Å². The molecule has 0 radical (unpaired) electrons. The van der Waals surface area contributed by atoms with Crippen molar-refractivity contribution in [1.29, 1.82) is 0 Å². The van der Waals surface area contributed by atoms with Crippen molar-refractivity contribution in [2.75, 3.05) is 18.8 Å². The van der Waals surface area contributed by atoms with Crippen molar-refractivity contribution in [1.82, 2.24) is 9.88 Å². The van der Waals surface area contributed by atoms with Crippen LogP contribution in [0.3, 0.4) is 0 Å². The van der Waals surface area contributed by atoms with Gasteiger partial charge in [0.15, 0.2) is 0 Å². The zero-order chi connectivity index (χ0) is 17.4. The van der Waals surface area contributed by atoms with Crippen LogP contribution < -0.4 is 5.73 Å². The lowest BCUT2D eigenvalue weighted by Crippen LogP contribution is -2.44. The third-order valence-electron chi connectivity index (χ3n) is 6.66. The number of nitrogens with two attached hydrogens (primary N) is 1. The summed E-state index contributed by atoms with van der Waals surface area (Å²) in [5.41, 5.74) is 9.20. The van der Waals surface area contributed by atoms with Gasteiger partial charge in [-0.25, -0.2) is 4.98 Å². The molecule has 0 aromatic carbocycles. The van der Waals surface area contributed by atoms with E-state index in [0.717, 1.165) is 32.0 Å². The summed E-state index contributed by atoms with van der Waals surface area (Å²) in [6, 6.07) is 4.38. The topological polar surface area (TPSA) is 51.4 Å². The molecule has 0 spiro atoms. The number of pyridine rings is 1. The SMILES string of the molecule is C[C@@H]1CN(Cc2cc(N)nc(CC34CCC(CC3)CC4)c2)C[C@H](C)O1. The van der Waals surface area contributed by atoms with Crippen molar-refractivity contribution in [3.63, 3.8) is 0 Å². The monoisotopic (exact) mass is 343 g/mol. The molecular weight excluding hydrogens is 310 g/mol. The summed E-state index contributed by atoms with van der Waals surface area (Å²) in [6.07, 6.45) is 10.2. The Morgan fingerprint density at radius 2 is 1.76 bits per heavy atom. The summed E-state index contributed by atoms with van der Waals surface area (Å²) in [5.74, 6) is 1.69. The number of nitrogens with zero attached hydrogens (tertiary/aromatic N) is 2. The van der Waals surface area contributed by atoms with Crippen LogP contribution in [0.2, 0.25) is 0 Å². The molecule has 1 aliphatic heterocycles. The summed E-state index contributed by atoms with van der Waals surface area (Å²) >= 11 is 0. The van der Waals surface area contributed by atoms with E-state index in [1.807, 2.05) is 0 Å². The molecule has 1 aromatic heterocycles. The molecule has 3 aliphatic carbocycles. The van der Waals surface area contributed by atoms with Gasteiger partial charge >= 0.3 is 0 Å². The third-order valence-corrected chi connectivity index (χ3v) is 6.66. The van der Waals surface area contributed by atoms with E-state index in [1.54, 1.807) is 0 Å². The van der Waals surface area contributed by atoms with Crippen LogP contribution >= 0.6 is 0 Å². The number of ether oxygens (including phenoxy) is 1. The minimum atomic E-state index is 0.304. The number of fused-ring (bicyclic) bond motifs is 3. The molecule has 4 fully saturated rings. The van der Waals surface area contributed by atoms with Crippen LogP contribution in [-0.4, -0.2) is 35.2 Å². The molecule has 0 unspecified atom stereocenters. The van der Waals surface area contributed by atoms with Crippen molar-refractivity contribution in [2.24, 2.45) is 11.3 Å². The highest BCUT2D eigenvalue weighted by molar-refractivity contribution is 5.35. The second-order valence-electron chi connectivity index (χ2n) is 9.00. The van der Waals surface area contributed by atoms with E-state index in [2.05, 4.69) is 30.9 Å². The van der Waals surface area contributed by atoms with E-state index in [-0.39, 0.29) is 0 Å². The smallest absolute Gasteiger partial charge is 0.123 e. The number of hydrogen-bond donors (Lipinski definition) is 1. The van der Waals surface area contributed by atoms with E-state index in [0.29, 0.717) is 23.4 Å². The van der Waals surface area contributed by atoms with Gasteiger partial charge in [0.1, 0.15) is 5.82 Å². The van der Waals surface area contributed by atoms with Crippen LogP contribution in [0.15, 0.2) is 12.1 Å². The fourth-order valence-electron chi connectivity index (χ4n) is 5.52. The maximum atomic E-state index is 6.16. The first-order chi connectivity index (χ1) is 12.0. The van der Waals surface area contributed by atoms with Gasteiger partial charge in [-0.05, 0) is 87.8 Å². The molecule has 1 aromatic rings. The van der Waals surface area contributed by atoms with Crippen LogP contribution in [-0.2, 0) is 17.7 Å². The van der Waals surface area contributed by atoms with Gasteiger partial charge in [0.25, 0.3) is 0 Å². The van der Waals surface area contributed by atoms with E-state index in [1.165, 1.54) is 49.8 Å². The summed E-state index contributed by atoms with van der Waals surface area (Å²) in [6.45, 7) is 7.26. The summed E-state index contributed by atoms with van der Waals surface area (Å²) < 4.78 is 5.86. The van der Waals surface area contributed by atoms with Gasteiger partial charge in [0, 0.05) is 25.3 Å². The Morgan fingerprint density at radius 3 is 2.40 bits per heavy atom. The van der Waals surface area contributed by atoms with Gasteiger partial charge in [-0.2, -0.15) is 0 Å². The Morgan fingerprint density at radius 1 is 1.12 bits per heavy atom. The zero-order valence-corrected chi connectivity index (χ0v) is 15.8. The largest absolute Gasteiger partial charge is 0.384 e. The molecule has 2 bridgehead atoms. The van der Waals surface area contributed by atoms with Gasteiger partial charge in [-0.1, -0.05) is 0 Å². The molecular formula is C21H33N3O. The van der Waals surface area contributed by atoms with Crippen LogP contribution in [0.25, 0.3) is 0 Å². The molecule has 2 heterocycles. The molecule has 25 heavy (non-hydrogen) atoms. The summed E-state index contributed by atoms with van der Waals surface area (Å²) in [5, 5.41) is 0. The predicted octanol–water partition coefficient (Wildman–Crippen LogP) is 3.79. The highest BCUT2D eigenvalue weighted by Crippen LogP contribution is 2.51. The van der Waals surface area contributed by atoms with Crippen molar-refractivity contribution >= 4 is 5.82 Å². The van der Waals surface area contributed by atoms with Gasteiger partial charge in [-0.15, -0.1) is 0 Å². The van der Waals surface area contributed by atoms with Crippen molar-refractivity contribution in [3.05, 3.63) is 23.4 Å². The van der Waals surface area contributed by atoms with E-state index in [9.17, 15) is 0 Å². The average molecular weight is 344 g/mol. The second kappa shape index (κ2) is 6.88. The number of hydrogen-bond acceptors (Lipinski definition) is 4. The van der Waals surface area contributed by atoms with Gasteiger partial charge < -0.3 is 10.5 Å². The molecule has 0 amide bonds. The fraction of sp³-hybridized carbons (Fsp3) is 0.762. The first-order valence-corrected chi connectivity index (χ1v) is 10.1. The first-order valence-electron chi connectivity index (χ1n) is 10.1. The molecule has 3 saturated carbocycles. The summed E-state index contributed by atoms with van der Waals surface area (Å²) in [7, 11) is 0. The Kier molecular flexibility index (Phi) is 4.76. The van der Waals surface area contributed by atoms with Gasteiger partial charge in [0.2, 0.25) is 0 Å². The van der Waals surface area contributed by atoms with Crippen LogP contribution in [0.1, 0.15) is 63.6 Å². The third kappa shape index (κ3) is 4.01. The quantitative estimate of drug-likeness (QED) is 0.904. The maximum Gasteiger partial charge on any atom is 0.123 e. The van der Waals surface area contributed by atoms with Gasteiger partial charge in [-0.3, -0.25) is 4.90 Å². The van der Waals surface area contributed by atoms with Gasteiger partial charge in [0.05, 0.1) is 12.2 Å². The minimum absolute atomic E-state index is 0.304. The fourth-order valence-corrected chi connectivity index (χ4v) is 5.52. The van der Waals surface area contributed by atoms with Crippen LogP contribution in [0.5, 0.6) is 0 Å². The van der Waals surface area contributed by atoms with Crippen molar-refractivity contribution in [2.45, 2.75) is 77.5 Å². The number of morpholine rings is 1.